The number of halogens is 5. The zero-order chi connectivity index (χ0) is 17.5. The topological polar surface area (TPSA) is 18.5 Å². The van der Waals surface area contributed by atoms with Crippen LogP contribution in [0.15, 0.2) is 24.3 Å². The van der Waals surface area contributed by atoms with Crippen LogP contribution in [0.3, 0.4) is 0 Å². The molecular formula is C16H11F5O2S. The Morgan fingerprint density at radius 3 is 1.83 bits per heavy atom. The first-order valence-electron chi connectivity index (χ1n) is 6.97. The Hall–Kier alpha value is -2.09. The monoisotopic (exact) mass is 362 g/mol. The van der Waals surface area contributed by atoms with Gasteiger partial charge in [-0.25, -0.2) is 8.78 Å². The third kappa shape index (κ3) is 2.98. The molecule has 0 saturated heterocycles. The van der Waals surface area contributed by atoms with Gasteiger partial charge in [-0.2, -0.15) is 13.2 Å². The lowest BCUT2D eigenvalue weighted by atomic mass is 10.1. The standard InChI is InChI=1S/C16H11F5O2S/c1-2-22-10-5-3-8-9-4-6-11(23-7-16(19,20)21)13(18)15(9)24-14(8)12(10)17/h3-6H,2,7H2,1H3. The third-order valence-corrected chi connectivity index (χ3v) is 4.52. The van der Waals surface area contributed by atoms with Gasteiger partial charge in [-0.1, -0.05) is 0 Å². The molecule has 0 aliphatic rings. The van der Waals surface area contributed by atoms with Crippen molar-refractivity contribution in [3.05, 3.63) is 35.9 Å². The highest BCUT2D eigenvalue weighted by atomic mass is 32.1. The molecule has 0 fully saturated rings. The summed E-state index contributed by atoms with van der Waals surface area (Å²) in [5.41, 5.74) is 0. The second-order valence-corrected chi connectivity index (χ2v) is 5.97. The van der Waals surface area contributed by atoms with Gasteiger partial charge in [0.25, 0.3) is 0 Å². The van der Waals surface area contributed by atoms with Crippen molar-refractivity contribution in [1.82, 2.24) is 0 Å². The fourth-order valence-corrected chi connectivity index (χ4v) is 3.50. The van der Waals surface area contributed by atoms with Crippen molar-refractivity contribution in [2.75, 3.05) is 13.2 Å². The van der Waals surface area contributed by atoms with E-state index in [1.165, 1.54) is 12.1 Å². The molecule has 0 unspecified atom stereocenters. The molecule has 0 atom stereocenters. The lowest BCUT2D eigenvalue weighted by Gasteiger charge is -2.09. The van der Waals surface area contributed by atoms with Crippen molar-refractivity contribution in [2.24, 2.45) is 0 Å². The van der Waals surface area contributed by atoms with Crippen LogP contribution in [0.25, 0.3) is 20.2 Å². The Bertz CT molecular complexity index is 901. The van der Waals surface area contributed by atoms with Gasteiger partial charge in [0.05, 0.1) is 16.0 Å². The normalized spacial score (nSPS) is 12.1. The highest BCUT2D eigenvalue weighted by molar-refractivity contribution is 7.25. The maximum absolute atomic E-state index is 14.4. The number of thiophene rings is 1. The van der Waals surface area contributed by atoms with Crippen LogP contribution in [-0.4, -0.2) is 19.4 Å². The van der Waals surface area contributed by atoms with Gasteiger partial charge >= 0.3 is 6.18 Å². The Morgan fingerprint density at radius 2 is 1.38 bits per heavy atom. The Morgan fingerprint density at radius 1 is 0.875 bits per heavy atom. The van der Waals surface area contributed by atoms with Gasteiger partial charge in [-0.15, -0.1) is 11.3 Å². The highest BCUT2D eigenvalue weighted by Crippen LogP contribution is 2.41. The molecule has 1 heterocycles. The van der Waals surface area contributed by atoms with Crippen LogP contribution in [0.2, 0.25) is 0 Å². The minimum atomic E-state index is -4.57. The van der Waals surface area contributed by atoms with E-state index >= 15 is 0 Å². The highest BCUT2D eigenvalue weighted by Gasteiger charge is 2.29. The molecule has 3 aromatic rings. The fourth-order valence-electron chi connectivity index (χ4n) is 2.34. The van der Waals surface area contributed by atoms with Crippen LogP contribution in [0, 0.1) is 11.6 Å². The lowest BCUT2D eigenvalue weighted by Crippen LogP contribution is -2.19. The van der Waals surface area contributed by atoms with E-state index in [2.05, 4.69) is 4.74 Å². The van der Waals surface area contributed by atoms with Crippen LogP contribution < -0.4 is 9.47 Å². The second kappa shape index (κ2) is 6.08. The Balaban J connectivity index is 2.11. The van der Waals surface area contributed by atoms with Crippen molar-refractivity contribution in [1.29, 1.82) is 0 Å². The summed E-state index contributed by atoms with van der Waals surface area (Å²) in [6.07, 6.45) is -4.57. The van der Waals surface area contributed by atoms with Gasteiger partial charge in [0.2, 0.25) is 0 Å². The molecule has 0 spiro atoms. The number of rotatable bonds is 4. The van der Waals surface area contributed by atoms with E-state index in [0.717, 1.165) is 17.4 Å². The molecule has 24 heavy (non-hydrogen) atoms. The molecule has 2 nitrogen and oxygen atoms in total. The predicted octanol–water partition coefficient (Wildman–Crippen LogP) is 5.67. The zero-order valence-corrected chi connectivity index (χ0v) is 13.2. The summed E-state index contributed by atoms with van der Waals surface area (Å²) in [5.74, 6) is -2.02. The van der Waals surface area contributed by atoms with E-state index in [0.29, 0.717) is 10.8 Å². The van der Waals surface area contributed by atoms with Crippen LogP contribution in [0.4, 0.5) is 22.0 Å². The van der Waals surface area contributed by atoms with Gasteiger partial charge in [-0.3, -0.25) is 0 Å². The molecule has 128 valence electrons. The van der Waals surface area contributed by atoms with Crippen molar-refractivity contribution >= 4 is 31.5 Å². The molecule has 0 N–H and O–H groups in total. The largest absolute Gasteiger partial charge is 0.491 e. The van der Waals surface area contributed by atoms with Crippen LogP contribution in [-0.2, 0) is 0 Å². The average Bonchev–Trinajstić information content (AvgIpc) is 2.89. The fraction of sp³-hybridized carbons (Fsp3) is 0.250. The number of hydrogen-bond donors (Lipinski definition) is 0. The lowest BCUT2D eigenvalue weighted by molar-refractivity contribution is -0.153. The number of fused-ring (bicyclic) bond motifs is 3. The Labute approximate surface area is 137 Å². The molecular weight excluding hydrogens is 351 g/mol. The van der Waals surface area contributed by atoms with E-state index in [4.69, 9.17) is 4.74 Å². The van der Waals surface area contributed by atoms with Crippen molar-refractivity contribution < 1.29 is 31.4 Å². The molecule has 0 radical (unpaired) electrons. The summed E-state index contributed by atoms with van der Waals surface area (Å²) in [5, 5.41) is 0.881. The average molecular weight is 362 g/mol. The molecule has 0 aliphatic heterocycles. The smallest absolute Gasteiger partial charge is 0.422 e. The predicted molar refractivity (Wildman–Crippen MR) is 82.0 cm³/mol. The minimum Gasteiger partial charge on any atom is -0.491 e. The number of alkyl halides is 3. The molecule has 0 bridgehead atoms. The van der Waals surface area contributed by atoms with Crippen molar-refractivity contribution in [3.63, 3.8) is 0 Å². The van der Waals surface area contributed by atoms with Gasteiger partial charge in [0.15, 0.2) is 29.7 Å². The maximum Gasteiger partial charge on any atom is 0.422 e. The summed E-state index contributed by atoms with van der Waals surface area (Å²) in [7, 11) is 0. The minimum absolute atomic E-state index is 0.0391. The summed E-state index contributed by atoms with van der Waals surface area (Å²) in [6, 6.07) is 5.57. The molecule has 0 amide bonds. The van der Waals surface area contributed by atoms with E-state index in [-0.39, 0.29) is 21.8 Å². The molecule has 1 aromatic heterocycles. The van der Waals surface area contributed by atoms with Gasteiger partial charge < -0.3 is 9.47 Å². The second-order valence-electron chi connectivity index (χ2n) is 4.95. The summed E-state index contributed by atoms with van der Waals surface area (Å²) >= 11 is 0.811. The molecule has 2 aromatic carbocycles. The van der Waals surface area contributed by atoms with E-state index < -0.39 is 30.2 Å². The summed E-state index contributed by atoms with van der Waals surface area (Å²) < 4.78 is 75.4. The molecule has 3 rings (SSSR count). The Kier molecular flexibility index (Phi) is 4.25. The van der Waals surface area contributed by atoms with Crippen molar-refractivity contribution in [2.45, 2.75) is 13.1 Å². The van der Waals surface area contributed by atoms with Gasteiger partial charge in [0.1, 0.15) is 0 Å². The summed E-state index contributed by atoms with van der Waals surface area (Å²) in [4.78, 5) is 0. The number of benzene rings is 2. The SMILES string of the molecule is CCOc1ccc2c(sc3c(F)c(OCC(F)(F)F)ccc32)c1F. The van der Waals surface area contributed by atoms with E-state index in [1.54, 1.807) is 13.0 Å². The van der Waals surface area contributed by atoms with Crippen LogP contribution >= 0.6 is 11.3 Å². The maximum atomic E-state index is 14.4. The van der Waals surface area contributed by atoms with Crippen LogP contribution in [0.1, 0.15) is 6.92 Å². The molecule has 0 saturated carbocycles. The van der Waals surface area contributed by atoms with Gasteiger partial charge in [0, 0.05) is 10.8 Å². The number of hydrogen-bond acceptors (Lipinski definition) is 3. The quantitative estimate of drug-likeness (QED) is 0.557. The molecule has 8 heteroatoms. The van der Waals surface area contributed by atoms with E-state index in [9.17, 15) is 22.0 Å². The third-order valence-electron chi connectivity index (χ3n) is 3.31. The molecule has 0 aliphatic carbocycles. The summed E-state index contributed by atoms with van der Waals surface area (Å²) in [6.45, 7) is 0.388. The number of ether oxygens (including phenoxy) is 2. The first-order valence-corrected chi connectivity index (χ1v) is 7.79. The van der Waals surface area contributed by atoms with Crippen molar-refractivity contribution in [3.8, 4) is 11.5 Å². The van der Waals surface area contributed by atoms with E-state index in [1.807, 2.05) is 0 Å². The first kappa shape index (κ1) is 16.8. The first-order chi connectivity index (χ1) is 11.3. The van der Waals surface area contributed by atoms with Crippen LogP contribution in [0.5, 0.6) is 11.5 Å². The zero-order valence-electron chi connectivity index (χ0n) is 12.3. The van der Waals surface area contributed by atoms with Gasteiger partial charge in [-0.05, 0) is 31.2 Å².